The van der Waals surface area contributed by atoms with Gasteiger partial charge in [0, 0.05) is 12.2 Å². The summed E-state index contributed by atoms with van der Waals surface area (Å²) < 4.78 is 14.9. The van der Waals surface area contributed by atoms with Crippen LogP contribution in [0.4, 0.5) is 21.6 Å². The van der Waals surface area contributed by atoms with Crippen LogP contribution >= 0.6 is 11.6 Å². The standard InChI is InChI=1S/C23H25ClFN5O3/c1-2-3-11-29(19(31)13-27-16-9-10-17(24)18(25)12-16)20-21(26)30(23(33)28-22(20)32)14-15-7-5-4-6-8-15/h4-10,12,27H,2-3,11,13-14,26H2,1H3,(H,28,32,33). The number of nitrogens with two attached hydrogens (primary N) is 1. The topological polar surface area (TPSA) is 113 Å². The van der Waals surface area contributed by atoms with Crippen molar-refractivity contribution in [2.45, 2.75) is 26.3 Å². The second-order valence-electron chi connectivity index (χ2n) is 7.45. The molecule has 0 radical (unpaired) electrons. The highest BCUT2D eigenvalue weighted by atomic mass is 35.5. The van der Waals surface area contributed by atoms with Gasteiger partial charge in [0.2, 0.25) is 5.91 Å². The van der Waals surface area contributed by atoms with Crippen LogP contribution in [-0.4, -0.2) is 28.5 Å². The molecule has 0 bridgehead atoms. The zero-order valence-corrected chi connectivity index (χ0v) is 18.9. The number of amides is 1. The molecule has 1 aromatic heterocycles. The van der Waals surface area contributed by atoms with E-state index in [0.717, 1.165) is 12.0 Å². The van der Waals surface area contributed by atoms with E-state index in [-0.39, 0.29) is 36.2 Å². The number of nitrogen functional groups attached to an aromatic ring is 1. The molecule has 0 saturated heterocycles. The van der Waals surface area contributed by atoms with Crippen molar-refractivity contribution in [2.75, 3.05) is 29.0 Å². The molecule has 0 spiro atoms. The summed E-state index contributed by atoms with van der Waals surface area (Å²) in [7, 11) is 0. The van der Waals surface area contributed by atoms with Crippen molar-refractivity contribution in [3.05, 3.63) is 85.8 Å². The van der Waals surface area contributed by atoms with E-state index in [9.17, 15) is 18.8 Å². The summed E-state index contributed by atoms with van der Waals surface area (Å²) in [5.74, 6) is -1.18. The Balaban J connectivity index is 1.92. The van der Waals surface area contributed by atoms with Crippen molar-refractivity contribution in [1.82, 2.24) is 9.55 Å². The molecule has 2 aromatic carbocycles. The molecule has 0 fully saturated rings. The van der Waals surface area contributed by atoms with Crippen molar-refractivity contribution in [1.29, 1.82) is 0 Å². The van der Waals surface area contributed by atoms with Gasteiger partial charge in [0.15, 0.2) is 5.69 Å². The first-order valence-corrected chi connectivity index (χ1v) is 10.9. The summed E-state index contributed by atoms with van der Waals surface area (Å²) in [6.07, 6.45) is 1.37. The van der Waals surface area contributed by atoms with Crippen LogP contribution in [0.2, 0.25) is 5.02 Å². The van der Waals surface area contributed by atoms with E-state index >= 15 is 0 Å². The monoisotopic (exact) mass is 473 g/mol. The van der Waals surface area contributed by atoms with Crippen molar-refractivity contribution in [2.24, 2.45) is 0 Å². The van der Waals surface area contributed by atoms with Gasteiger partial charge in [0.25, 0.3) is 5.56 Å². The number of hydrogen-bond donors (Lipinski definition) is 3. The number of aromatic nitrogens is 2. The second kappa shape index (κ2) is 10.8. The number of rotatable bonds is 9. The number of halogens is 2. The van der Waals surface area contributed by atoms with Crippen LogP contribution in [0.15, 0.2) is 58.1 Å². The summed E-state index contributed by atoms with van der Waals surface area (Å²) in [5, 5.41) is 2.80. The van der Waals surface area contributed by atoms with E-state index in [1.165, 1.54) is 27.7 Å². The smallest absolute Gasteiger partial charge is 0.330 e. The molecule has 3 aromatic rings. The van der Waals surface area contributed by atoms with Crippen LogP contribution in [0.3, 0.4) is 0 Å². The minimum absolute atomic E-state index is 0.0311. The lowest BCUT2D eigenvalue weighted by atomic mass is 10.2. The molecule has 0 aliphatic heterocycles. The van der Waals surface area contributed by atoms with Gasteiger partial charge >= 0.3 is 5.69 Å². The Hall–Kier alpha value is -3.59. The maximum atomic E-state index is 13.7. The number of nitrogens with zero attached hydrogens (tertiary/aromatic N) is 2. The van der Waals surface area contributed by atoms with Crippen LogP contribution in [0.25, 0.3) is 0 Å². The number of nitrogens with one attached hydrogen (secondary N) is 2. The van der Waals surface area contributed by atoms with Crippen LogP contribution in [-0.2, 0) is 11.3 Å². The minimum Gasteiger partial charge on any atom is -0.383 e. The van der Waals surface area contributed by atoms with Crippen LogP contribution < -0.4 is 27.2 Å². The average molecular weight is 474 g/mol. The Morgan fingerprint density at radius 2 is 1.94 bits per heavy atom. The largest absolute Gasteiger partial charge is 0.383 e. The fraction of sp³-hybridized carbons (Fsp3) is 0.261. The summed E-state index contributed by atoms with van der Waals surface area (Å²) in [6, 6.07) is 13.2. The summed E-state index contributed by atoms with van der Waals surface area (Å²) in [5.41, 5.74) is 5.92. The summed E-state index contributed by atoms with van der Waals surface area (Å²) >= 11 is 5.69. The van der Waals surface area contributed by atoms with Crippen molar-refractivity contribution < 1.29 is 9.18 Å². The second-order valence-corrected chi connectivity index (χ2v) is 7.85. The van der Waals surface area contributed by atoms with Crippen molar-refractivity contribution in [3.63, 3.8) is 0 Å². The highest BCUT2D eigenvalue weighted by molar-refractivity contribution is 6.30. The number of H-pyrrole nitrogens is 1. The zero-order valence-electron chi connectivity index (χ0n) is 18.1. The Labute approximate surface area is 194 Å². The minimum atomic E-state index is -0.746. The molecule has 33 heavy (non-hydrogen) atoms. The van der Waals surface area contributed by atoms with Gasteiger partial charge in [-0.1, -0.05) is 55.3 Å². The fourth-order valence-corrected chi connectivity index (χ4v) is 3.44. The molecule has 1 heterocycles. The quantitative estimate of drug-likeness (QED) is 0.441. The first-order valence-electron chi connectivity index (χ1n) is 10.5. The fourth-order valence-electron chi connectivity index (χ4n) is 3.32. The van der Waals surface area contributed by atoms with Gasteiger partial charge in [0.05, 0.1) is 18.1 Å². The van der Waals surface area contributed by atoms with E-state index in [2.05, 4.69) is 10.3 Å². The zero-order chi connectivity index (χ0) is 24.0. The SMILES string of the molecule is CCCCN(C(=O)CNc1ccc(Cl)c(F)c1)c1c(N)n(Cc2ccccc2)c(=O)[nH]c1=O. The van der Waals surface area contributed by atoms with Gasteiger partial charge in [-0.15, -0.1) is 0 Å². The third-order valence-corrected chi connectivity index (χ3v) is 5.37. The van der Waals surface area contributed by atoms with Crippen molar-refractivity contribution in [3.8, 4) is 0 Å². The van der Waals surface area contributed by atoms with Gasteiger partial charge in [-0.05, 0) is 30.2 Å². The molecule has 1 amide bonds. The highest BCUT2D eigenvalue weighted by Crippen LogP contribution is 2.21. The van der Waals surface area contributed by atoms with Gasteiger partial charge in [-0.2, -0.15) is 0 Å². The molecular weight excluding hydrogens is 449 g/mol. The predicted octanol–water partition coefficient (Wildman–Crippen LogP) is 3.20. The molecule has 8 nitrogen and oxygen atoms in total. The number of carbonyl (C=O) groups is 1. The third kappa shape index (κ3) is 5.81. The van der Waals surface area contributed by atoms with E-state index < -0.39 is 23.0 Å². The Kier molecular flexibility index (Phi) is 7.89. The highest BCUT2D eigenvalue weighted by Gasteiger charge is 2.24. The number of hydrogen-bond acceptors (Lipinski definition) is 5. The molecule has 3 rings (SSSR count). The Bertz CT molecular complexity index is 1240. The lowest BCUT2D eigenvalue weighted by molar-refractivity contribution is -0.117. The van der Waals surface area contributed by atoms with Crippen LogP contribution in [0, 0.1) is 5.82 Å². The van der Waals surface area contributed by atoms with Crippen LogP contribution in [0.1, 0.15) is 25.3 Å². The normalized spacial score (nSPS) is 10.8. The van der Waals surface area contributed by atoms with Gasteiger partial charge in [0.1, 0.15) is 11.6 Å². The maximum Gasteiger partial charge on any atom is 0.330 e. The molecule has 0 saturated carbocycles. The molecule has 0 aliphatic rings. The summed E-state index contributed by atoms with van der Waals surface area (Å²) in [4.78, 5) is 41.8. The number of benzene rings is 2. The average Bonchev–Trinajstić information content (AvgIpc) is 2.80. The van der Waals surface area contributed by atoms with Crippen molar-refractivity contribution >= 4 is 34.7 Å². The van der Waals surface area contributed by atoms with Gasteiger partial charge < -0.3 is 16.0 Å². The van der Waals surface area contributed by atoms with Gasteiger partial charge in [-0.25, -0.2) is 9.18 Å². The number of carbonyl (C=O) groups excluding carboxylic acids is 1. The number of anilines is 3. The number of aromatic amines is 1. The van der Waals surface area contributed by atoms with E-state index in [1.54, 1.807) is 0 Å². The molecular formula is C23H25ClFN5O3. The maximum absolute atomic E-state index is 13.7. The molecule has 4 N–H and O–H groups in total. The molecule has 0 atom stereocenters. The van der Waals surface area contributed by atoms with E-state index in [4.69, 9.17) is 17.3 Å². The Morgan fingerprint density at radius 3 is 2.61 bits per heavy atom. The lowest BCUT2D eigenvalue weighted by Gasteiger charge is -2.25. The summed E-state index contributed by atoms with van der Waals surface area (Å²) in [6.45, 7) is 2.08. The molecule has 0 unspecified atom stereocenters. The van der Waals surface area contributed by atoms with Crippen LogP contribution in [0.5, 0.6) is 0 Å². The molecule has 10 heteroatoms. The predicted molar refractivity (Wildman–Crippen MR) is 128 cm³/mol. The molecule has 174 valence electrons. The third-order valence-electron chi connectivity index (χ3n) is 5.07. The lowest BCUT2D eigenvalue weighted by Crippen LogP contribution is -2.43. The Morgan fingerprint density at radius 1 is 1.21 bits per heavy atom. The van der Waals surface area contributed by atoms with E-state index in [0.29, 0.717) is 12.1 Å². The van der Waals surface area contributed by atoms with E-state index in [1.807, 2.05) is 37.3 Å². The first-order chi connectivity index (χ1) is 15.8. The number of unbranched alkanes of at least 4 members (excludes halogenated alkanes) is 1. The first kappa shape index (κ1) is 24.1. The molecule has 0 aliphatic carbocycles. The van der Waals surface area contributed by atoms with Gasteiger partial charge in [-0.3, -0.25) is 19.1 Å².